The van der Waals surface area contributed by atoms with Crippen molar-refractivity contribution in [3.63, 3.8) is 0 Å². The molecule has 2 heterocycles. The number of hydrogen-bond donors (Lipinski definition) is 1. The van der Waals surface area contributed by atoms with E-state index in [0.717, 1.165) is 30.4 Å². The Morgan fingerprint density at radius 1 is 1.55 bits per heavy atom. The topological polar surface area (TPSA) is 45.2 Å². The summed E-state index contributed by atoms with van der Waals surface area (Å²) in [6.07, 6.45) is 6.95. The Morgan fingerprint density at radius 3 is 3.05 bits per heavy atom. The number of carbonyl (C=O) groups is 1. The Kier molecular flexibility index (Phi) is 6.38. The zero-order chi connectivity index (χ0) is 16.0. The third-order valence-electron chi connectivity index (χ3n) is 4.72. The van der Waals surface area contributed by atoms with Crippen molar-refractivity contribution in [3.8, 4) is 0 Å². The van der Waals surface area contributed by atoms with Crippen LogP contribution in [0.1, 0.15) is 51.5 Å². The Labute approximate surface area is 138 Å². The molecular formula is C17H29N3OS. The molecule has 1 aromatic heterocycles. The molecule has 1 aromatic rings. The number of nitrogens with one attached hydrogen (secondary N) is 1. The smallest absolute Gasteiger partial charge is 0.220 e. The van der Waals surface area contributed by atoms with Crippen LogP contribution in [0.3, 0.4) is 0 Å². The zero-order valence-electron chi connectivity index (χ0n) is 14.1. The highest BCUT2D eigenvalue weighted by molar-refractivity contribution is 7.09. The monoisotopic (exact) mass is 323 g/mol. The maximum Gasteiger partial charge on any atom is 0.220 e. The van der Waals surface area contributed by atoms with Crippen molar-refractivity contribution in [2.24, 2.45) is 5.92 Å². The quantitative estimate of drug-likeness (QED) is 0.838. The van der Waals surface area contributed by atoms with Crippen LogP contribution in [0.25, 0.3) is 0 Å². The molecule has 0 aromatic carbocycles. The highest BCUT2D eigenvalue weighted by Crippen LogP contribution is 2.25. The van der Waals surface area contributed by atoms with Gasteiger partial charge >= 0.3 is 0 Å². The second kappa shape index (κ2) is 8.06. The summed E-state index contributed by atoms with van der Waals surface area (Å²) in [5.74, 6) is 0.945. The average Bonchev–Trinajstić information content (AvgIpc) is 3.04. The number of thiazole rings is 1. The van der Waals surface area contributed by atoms with Gasteiger partial charge in [-0.25, -0.2) is 4.98 Å². The van der Waals surface area contributed by atoms with E-state index in [0.29, 0.717) is 6.42 Å². The summed E-state index contributed by atoms with van der Waals surface area (Å²) < 4.78 is 0. The largest absolute Gasteiger partial charge is 0.354 e. The maximum absolute atomic E-state index is 12.0. The average molecular weight is 324 g/mol. The molecule has 4 nitrogen and oxygen atoms in total. The summed E-state index contributed by atoms with van der Waals surface area (Å²) in [4.78, 5) is 18.8. The number of likely N-dealkylation sites (tertiary alicyclic amines) is 1. The summed E-state index contributed by atoms with van der Waals surface area (Å²) in [6.45, 7) is 9.80. The van der Waals surface area contributed by atoms with Crippen LogP contribution in [0, 0.1) is 5.92 Å². The van der Waals surface area contributed by atoms with Crippen LogP contribution in [0.4, 0.5) is 0 Å². The van der Waals surface area contributed by atoms with Gasteiger partial charge in [0.15, 0.2) is 0 Å². The minimum Gasteiger partial charge on any atom is -0.354 e. The number of carbonyl (C=O) groups excluding carboxylic acids is 1. The van der Waals surface area contributed by atoms with Gasteiger partial charge in [-0.05, 0) is 39.2 Å². The van der Waals surface area contributed by atoms with Crippen LogP contribution >= 0.6 is 11.3 Å². The summed E-state index contributed by atoms with van der Waals surface area (Å²) in [5, 5.41) is 6.11. The normalized spacial score (nSPS) is 20.0. The first-order valence-corrected chi connectivity index (χ1v) is 9.29. The third kappa shape index (κ3) is 5.06. The standard InChI is InChI=1S/C17H29N3OS/c1-4-14-6-5-10-20(12-14)17(2,3)13-19-15(21)7-8-16-18-9-11-22-16/h9,11,14H,4-8,10,12-13H2,1-3H3,(H,19,21)/t14-/m1/s1. The SMILES string of the molecule is CC[C@@H]1CCCN(C(C)(C)CNC(=O)CCc2nccs2)C1. The number of nitrogens with zero attached hydrogens (tertiary/aromatic N) is 2. The van der Waals surface area contributed by atoms with Crippen LogP contribution in [0.5, 0.6) is 0 Å². The van der Waals surface area contributed by atoms with E-state index in [1.807, 2.05) is 5.38 Å². The number of piperidine rings is 1. The fourth-order valence-corrected chi connectivity index (χ4v) is 3.68. The maximum atomic E-state index is 12.0. The number of aryl methyl sites for hydroxylation is 1. The molecule has 1 N–H and O–H groups in total. The van der Waals surface area contributed by atoms with Gasteiger partial charge in [0.25, 0.3) is 0 Å². The van der Waals surface area contributed by atoms with Crippen LogP contribution in [-0.4, -0.2) is 41.0 Å². The van der Waals surface area contributed by atoms with Gasteiger partial charge in [-0.1, -0.05) is 13.3 Å². The molecular weight excluding hydrogens is 294 g/mol. The van der Waals surface area contributed by atoms with Crippen molar-refractivity contribution >= 4 is 17.2 Å². The van der Waals surface area contributed by atoms with Gasteiger partial charge in [0, 0.05) is 43.0 Å². The van der Waals surface area contributed by atoms with Gasteiger partial charge in [0.05, 0.1) is 5.01 Å². The zero-order valence-corrected chi connectivity index (χ0v) is 14.9. The first-order chi connectivity index (χ1) is 10.5. The Bertz CT molecular complexity index is 458. The fourth-order valence-electron chi connectivity index (χ4n) is 3.06. The van der Waals surface area contributed by atoms with Gasteiger partial charge in [-0.15, -0.1) is 11.3 Å². The van der Waals surface area contributed by atoms with Crippen LogP contribution in [-0.2, 0) is 11.2 Å². The second-order valence-electron chi connectivity index (χ2n) is 6.88. The van der Waals surface area contributed by atoms with E-state index in [9.17, 15) is 4.79 Å². The minimum absolute atomic E-state index is 0.0324. The summed E-state index contributed by atoms with van der Waals surface area (Å²) >= 11 is 1.61. The molecule has 0 unspecified atom stereocenters. The van der Waals surface area contributed by atoms with Crippen molar-refractivity contribution < 1.29 is 4.79 Å². The highest BCUT2D eigenvalue weighted by Gasteiger charge is 2.31. The van der Waals surface area contributed by atoms with Crippen molar-refractivity contribution in [1.82, 2.24) is 15.2 Å². The molecule has 1 saturated heterocycles. The summed E-state index contributed by atoms with van der Waals surface area (Å²) in [6, 6.07) is 0. The van der Waals surface area contributed by atoms with E-state index < -0.39 is 0 Å². The van der Waals surface area contributed by atoms with Gasteiger partial charge < -0.3 is 5.32 Å². The first-order valence-electron chi connectivity index (χ1n) is 8.41. The lowest BCUT2D eigenvalue weighted by molar-refractivity contribution is -0.121. The van der Waals surface area contributed by atoms with E-state index in [2.05, 4.69) is 36.0 Å². The molecule has 5 heteroatoms. The number of rotatable bonds is 7. The number of amides is 1. The lowest BCUT2D eigenvalue weighted by Crippen LogP contribution is -2.54. The van der Waals surface area contributed by atoms with Crippen molar-refractivity contribution in [2.75, 3.05) is 19.6 Å². The van der Waals surface area contributed by atoms with Crippen molar-refractivity contribution in [2.45, 2.75) is 58.4 Å². The minimum atomic E-state index is 0.0324. The molecule has 0 saturated carbocycles. The molecule has 2 rings (SSSR count). The van der Waals surface area contributed by atoms with Gasteiger partial charge in [0.2, 0.25) is 5.91 Å². The molecule has 1 fully saturated rings. The molecule has 0 spiro atoms. The lowest BCUT2D eigenvalue weighted by Gasteiger charge is -2.43. The Balaban J connectivity index is 1.75. The van der Waals surface area contributed by atoms with Gasteiger partial charge in [-0.2, -0.15) is 0 Å². The highest BCUT2D eigenvalue weighted by atomic mass is 32.1. The molecule has 0 bridgehead atoms. The second-order valence-corrected chi connectivity index (χ2v) is 7.86. The van der Waals surface area contributed by atoms with E-state index in [-0.39, 0.29) is 11.4 Å². The van der Waals surface area contributed by atoms with E-state index >= 15 is 0 Å². The molecule has 1 aliphatic heterocycles. The molecule has 0 aliphatic carbocycles. The van der Waals surface area contributed by atoms with E-state index in [4.69, 9.17) is 0 Å². The third-order valence-corrected chi connectivity index (χ3v) is 5.56. The van der Waals surface area contributed by atoms with Crippen LogP contribution < -0.4 is 5.32 Å². The first kappa shape index (κ1) is 17.4. The van der Waals surface area contributed by atoms with E-state index in [1.54, 1.807) is 17.5 Å². The predicted molar refractivity (Wildman–Crippen MR) is 92.1 cm³/mol. The Morgan fingerprint density at radius 2 is 2.36 bits per heavy atom. The summed E-state index contributed by atoms with van der Waals surface area (Å²) in [5.41, 5.74) is 0.0324. The number of aromatic nitrogens is 1. The van der Waals surface area contributed by atoms with E-state index in [1.165, 1.54) is 25.8 Å². The molecule has 1 amide bonds. The molecule has 22 heavy (non-hydrogen) atoms. The van der Waals surface area contributed by atoms with Crippen molar-refractivity contribution in [1.29, 1.82) is 0 Å². The predicted octanol–water partition coefficient (Wildman–Crippen LogP) is 3.09. The molecule has 1 atom stereocenters. The van der Waals surface area contributed by atoms with Crippen LogP contribution in [0.15, 0.2) is 11.6 Å². The summed E-state index contributed by atoms with van der Waals surface area (Å²) in [7, 11) is 0. The van der Waals surface area contributed by atoms with Crippen molar-refractivity contribution in [3.05, 3.63) is 16.6 Å². The van der Waals surface area contributed by atoms with Crippen LogP contribution in [0.2, 0.25) is 0 Å². The molecule has 124 valence electrons. The Hall–Kier alpha value is -0.940. The van der Waals surface area contributed by atoms with Gasteiger partial charge in [-0.3, -0.25) is 9.69 Å². The molecule has 1 aliphatic rings. The molecule has 0 radical (unpaired) electrons. The lowest BCUT2D eigenvalue weighted by atomic mass is 9.91. The van der Waals surface area contributed by atoms with Gasteiger partial charge in [0.1, 0.15) is 0 Å². The number of hydrogen-bond acceptors (Lipinski definition) is 4. The fraction of sp³-hybridized carbons (Fsp3) is 0.765.